The number of halogens is 1. The summed E-state index contributed by atoms with van der Waals surface area (Å²) in [4.78, 5) is 22.7. The van der Waals surface area contributed by atoms with Crippen LogP contribution in [-0.4, -0.2) is 31.1 Å². The predicted molar refractivity (Wildman–Crippen MR) is 89.6 cm³/mol. The predicted octanol–water partition coefficient (Wildman–Crippen LogP) is 2.79. The first kappa shape index (κ1) is 18.0. The average molecular weight is 337 g/mol. The van der Waals surface area contributed by atoms with Crippen LogP contribution in [0.1, 0.15) is 39.0 Å². The molecule has 1 aromatic carbocycles. The first-order chi connectivity index (χ1) is 11.5. The smallest absolute Gasteiger partial charge is 0.319 e. The number of hydrogen-bond donors (Lipinski definition) is 3. The van der Waals surface area contributed by atoms with Crippen molar-refractivity contribution in [1.29, 1.82) is 0 Å². The Bertz CT molecular complexity index is 574. The van der Waals surface area contributed by atoms with Gasteiger partial charge < -0.3 is 20.7 Å². The zero-order valence-electron chi connectivity index (χ0n) is 13.9. The number of amides is 3. The molecule has 1 aromatic rings. The second-order valence-corrected chi connectivity index (χ2v) is 5.88. The van der Waals surface area contributed by atoms with Crippen molar-refractivity contribution in [3.05, 3.63) is 24.0 Å². The fourth-order valence-corrected chi connectivity index (χ4v) is 2.60. The molecule has 1 fully saturated rings. The lowest BCUT2D eigenvalue weighted by Crippen LogP contribution is -2.32. The number of hydrogen-bond acceptors (Lipinski definition) is 3. The number of rotatable bonds is 7. The van der Waals surface area contributed by atoms with Gasteiger partial charge in [0.25, 0.3) is 0 Å². The first-order valence-corrected chi connectivity index (χ1v) is 8.30. The van der Waals surface area contributed by atoms with Crippen molar-refractivity contribution in [3.63, 3.8) is 0 Å². The third-order valence-corrected chi connectivity index (χ3v) is 3.80. The molecule has 6 nitrogen and oxygen atoms in total. The Morgan fingerprint density at radius 1 is 1.21 bits per heavy atom. The van der Waals surface area contributed by atoms with Crippen LogP contribution in [0.2, 0.25) is 0 Å². The molecule has 3 amide bonds. The molecule has 0 saturated heterocycles. The number of carbonyl (C=O) groups is 2. The van der Waals surface area contributed by atoms with Gasteiger partial charge in [0.1, 0.15) is 11.6 Å². The molecule has 0 unspecified atom stereocenters. The number of urea groups is 1. The van der Waals surface area contributed by atoms with Gasteiger partial charge in [-0.3, -0.25) is 4.79 Å². The van der Waals surface area contributed by atoms with Gasteiger partial charge in [-0.2, -0.15) is 0 Å². The highest BCUT2D eigenvalue weighted by molar-refractivity contribution is 5.90. The molecule has 1 aliphatic carbocycles. The number of nitrogens with one attached hydrogen (secondary N) is 3. The van der Waals surface area contributed by atoms with Gasteiger partial charge in [0.05, 0.1) is 11.8 Å². The van der Waals surface area contributed by atoms with Crippen LogP contribution in [0.25, 0.3) is 0 Å². The van der Waals surface area contributed by atoms with Crippen LogP contribution in [0.5, 0.6) is 5.75 Å². The van der Waals surface area contributed by atoms with E-state index in [4.69, 9.17) is 4.74 Å². The van der Waals surface area contributed by atoms with Gasteiger partial charge in [0, 0.05) is 26.1 Å². The molecule has 7 heteroatoms. The SMILES string of the molecule is CC(=O)NCCCNC(=O)Nc1ccc(F)cc1OC1CCCC1. The standard InChI is InChI=1S/C17H24FN3O3/c1-12(22)19-9-4-10-20-17(23)21-15-8-7-13(18)11-16(15)24-14-5-2-3-6-14/h7-8,11,14H,2-6,9-10H2,1H3,(H,19,22)(H2,20,21,23). The molecule has 0 atom stereocenters. The highest BCUT2D eigenvalue weighted by atomic mass is 19.1. The van der Waals surface area contributed by atoms with E-state index in [2.05, 4.69) is 16.0 Å². The third-order valence-electron chi connectivity index (χ3n) is 3.80. The van der Waals surface area contributed by atoms with Gasteiger partial charge in [-0.25, -0.2) is 9.18 Å². The van der Waals surface area contributed by atoms with Crippen LogP contribution in [-0.2, 0) is 4.79 Å². The fourth-order valence-electron chi connectivity index (χ4n) is 2.60. The molecule has 1 saturated carbocycles. The van der Waals surface area contributed by atoms with E-state index in [1.165, 1.54) is 25.1 Å². The maximum atomic E-state index is 13.5. The fraction of sp³-hybridized carbons (Fsp3) is 0.529. The summed E-state index contributed by atoms with van der Waals surface area (Å²) in [5, 5.41) is 8.02. The molecule has 1 aliphatic rings. The highest BCUT2D eigenvalue weighted by Crippen LogP contribution is 2.30. The summed E-state index contributed by atoms with van der Waals surface area (Å²) in [7, 11) is 0. The van der Waals surface area contributed by atoms with Crippen molar-refractivity contribution in [1.82, 2.24) is 10.6 Å². The lowest BCUT2D eigenvalue weighted by Gasteiger charge is -2.17. The van der Waals surface area contributed by atoms with Crippen LogP contribution in [0, 0.1) is 5.82 Å². The Morgan fingerprint density at radius 2 is 1.92 bits per heavy atom. The maximum Gasteiger partial charge on any atom is 0.319 e. The zero-order valence-corrected chi connectivity index (χ0v) is 13.9. The molecule has 0 bridgehead atoms. The monoisotopic (exact) mass is 337 g/mol. The van der Waals surface area contributed by atoms with Gasteiger partial charge in [-0.05, 0) is 44.2 Å². The van der Waals surface area contributed by atoms with E-state index in [0.717, 1.165) is 25.7 Å². The molecule has 0 heterocycles. The largest absolute Gasteiger partial charge is 0.488 e. The molecule has 0 spiro atoms. The van der Waals surface area contributed by atoms with Gasteiger partial charge in [0.15, 0.2) is 0 Å². The van der Waals surface area contributed by atoms with Crippen molar-refractivity contribution in [2.75, 3.05) is 18.4 Å². The van der Waals surface area contributed by atoms with Crippen LogP contribution >= 0.6 is 0 Å². The average Bonchev–Trinajstić information content (AvgIpc) is 3.02. The third kappa shape index (κ3) is 6.06. The second kappa shape index (κ2) is 9.10. The Balaban J connectivity index is 1.84. The summed E-state index contributed by atoms with van der Waals surface area (Å²) in [5.74, 6) is -0.140. The van der Waals surface area contributed by atoms with Crippen molar-refractivity contribution in [2.45, 2.75) is 45.1 Å². The van der Waals surface area contributed by atoms with Gasteiger partial charge in [0.2, 0.25) is 5.91 Å². The number of anilines is 1. The lowest BCUT2D eigenvalue weighted by atomic mass is 10.2. The van der Waals surface area contributed by atoms with Crippen molar-refractivity contribution < 1.29 is 18.7 Å². The van der Waals surface area contributed by atoms with Crippen LogP contribution in [0.3, 0.4) is 0 Å². The Kier molecular flexibility index (Phi) is 6.84. The highest BCUT2D eigenvalue weighted by Gasteiger charge is 2.19. The van der Waals surface area contributed by atoms with E-state index in [0.29, 0.717) is 30.9 Å². The molecular formula is C17H24FN3O3. The minimum atomic E-state index is -0.399. The molecule has 0 radical (unpaired) electrons. The van der Waals surface area contributed by atoms with Crippen LogP contribution in [0.15, 0.2) is 18.2 Å². The van der Waals surface area contributed by atoms with E-state index in [9.17, 15) is 14.0 Å². The van der Waals surface area contributed by atoms with Crippen molar-refractivity contribution >= 4 is 17.6 Å². The quantitative estimate of drug-likeness (QED) is 0.669. The number of benzene rings is 1. The molecular weight excluding hydrogens is 313 g/mol. The lowest BCUT2D eigenvalue weighted by molar-refractivity contribution is -0.118. The van der Waals surface area contributed by atoms with Crippen molar-refractivity contribution in [3.8, 4) is 5.75 Å². The van der Waals surface area contributed by atoms with E-state index in [1.807, 2.05) is 0 Å². The second-order valence-electron chi connectivity index (χ2n) is 5.88. The van der Waals surface area contributed by atoms with Crippen LogP contribution < -0.4 is 20.7 Å². The summed E-state index contributed by atoms with van der Waals surface area (Å²) in [6.45, 7) is 2.37. The van der Waals surface area contributed by atoms with E-state index in [-0.39, 0.29) is 18.0 Å². The topological polar surface area (TPSA) is 79.5 Å². The summed E-state index contributed by atoms with van der Waals surface area (Å²) in [6.07, 6.45) is 4.82. The summed E-state index contributed by atoms with van der Waals surface area (Å²) < 4.78 is 19.3. The van der Waals surface area contributed by atoms with Crippen molar-refractivity contribution in [2.24, 2.45) is 0 Å². The van der Waals surface area contributed by atoms with E-state index < -0.39 is 5.82 Å². The normalized spacial score (nSPS) is 14.2. The van der Waals surface area contributed by atoms with Gasteiger partial charge in [-0.15, -0.1) is 0 Å². The maximum absolute atomic E-state index is 13.5. The van der Waals surface area contributed by atoms with Gasteiger partial charge in [-0.1, -0.05) is 0 Å². The Hall–Kier alpha value is -2.31. The zero-order chi connectivity index (χ0) is 17.4. The molecule has 0 aliphatic heterocycles. The summed E-state index contributed by atoms with van der Waals surface area (Å²) in [5.41, 5.74) is 0.447. The number of ether oxygens (including phenoxy) is 1. The van der Waals surface area contributed by atoms with Gasteiger partial charge >= 0.3 is 6.03 Å². The summed E-state index contributed by atoms with van der Waals surface area (Å²) >= 11 is 0. The molecule has 0 aromatic heterocycles. The van der Waals surface area contributed by atoms with Crippen LogP contribution in [0.4, 0.5) is 14.9 Å². The molecule has 2 rings (SSSR count). The van der Waals surface area contributed by atoms with E-state index in [1.54, 1.807) is 0 Å². The number of carbonyl (C=O) groups excluding carboxylic acids is 2. The Morgan fingerprint density at radius 3 is 2.62 bits per heavy atom. The minimum Gasteiger partial charge on any atom is -0.488 e. The Labute approximate surface area is 141 Å². The van der Waals surface area contributed by atoms with E-state index >= 15 is 0 Å². The minimum absolute atomic E-state index is 0.0769. The summed E-state index contributed by atoms with van der Waals surface area (Å²) in [6, 6.07) is 3.69. The molecule has 132 valence electrons. The first-order valence-electron chi connectivity index (χ1n) is 8.30. The molecule has 3 N–H and O–H groups in total. The molecule has 24 heavy (non-hydrogen) atoms.